The predicted molar refractivity (Wildman–Crippen MR) is 108 cm³/mol. The number of hydrogen-bond acceptors (Lipinski definition) is 3. The van der Waals surface area contributed by atoms with Crippen molar-refractivity contribution in [2.75, 3.05) is 18.6 Å². The van der Waals surface area contributed by atoms with Gasteiger partial charge in [-0.2, -0.15) is 0 Å². The third-order valence-electron chi connectivity index (χ3n) is 5.14. The number of aryl methyl sites for hydroxylation is 1. The molecule has 0 saturated heterocycles. The van der Waals surface area contributed by atoms with E-state index >= 15 is 0 Å². The zero-order valence-corrected chi connectivity index (χ0v) is 15.8. The summed E-state index contributed by atoms with van der Waals surface area (Å²) in [5.41, 5.74) is 5.68. The number of nitrogens with one attached hydrogen (secondary N) is 1. The molecule has 3 aromatic rings. The number of hydrogen-bond donors (Lipinski definition) is 1. The topological polar surface area (TPSA) is 62.4 Å². The Bertz CT molecular complexity index is 1010. The van der Waals surface area contributed by atoms with Crippen molar-refractivity contribution in [2.45, 2.75) is 19.3 Å². The van der Waals surface area contributed by atoms with Crippen LogP contribution in [0.1, 0.15) is 28.0 Å². The number of carbonyl (C=O) groups is 2. The van der Waals surface area contributed by atoms with E-state index < -0.39 is 0 Å². The molecule has 1 aliphatic rings. The molecule has 0 bridgehead atoms. The molecule has 142 valence electrons. The maximum atomic E-state index is 12.8. The molecule has 1 amide bonds. The van der Waals surface area contributed by atoms with Gasteiger partial charge in [-0.25, -0.2) is 4.79 Å². The number of methoxy groups -OCH3 is 1. The molecule has 5 nitrogen and oxygen atoms in total. The van der Waals surface area contributed by atoms with Crippen molar-refractivity contribution in [3.63, 3.8) is 0 Å². The molecule has 4 rings (SSSR count). The van der Waals surface area contributed by atoms with E-state index in [1.54, 1.807) is 6.07 Å². The fourth-order valence-corrected chi connectivity index (χ4v) is 3.65. The van der Waals surface area contributed by atoms with Crippen LogP contribution in [0.25, 0.3) is 11.3 Å². The quantitative estimate of drug-likeness (QED) is 0.687. The Morgan fingerprint density at radius 2 is 1.89 bits per heavy atom. The number of amides is 1. The molecule has 0 saturated carbocycles. The minimum absolute atomic E-state index is 0.0976. The van der Waals surface area contributed by atoms with Gasteiger partial charge in [0.1, 0.15) is 0 Å². The average molecular weight is 374 g/mol. The Morgan fingerprint density at radius 3 is 2.68 bits per heavy atom. The fraction of sp³-hybridized carbons (Fsp3) is 0.217. The molecule has 2 aromatic carbocycles. The minimum atomic E-state index is -0.353. The molecule has 5 heteroatoms. The molecular weight excluding hydrogens is 352 g/mol. The van der Waals surface area contributed by atoms with Gasteiger partial charge in [-0.3, -0.25) is 4.79 Å². The first-order valence-electron chi connectivity index (χ1n) is 9.40. The van der Waals surface area contributed by atoms with E-state index in [-0.39, 0.29) is 11.9 Å². The second-order valence-electron chi connectivity index (χ2n) is 6.89. The number of nitrogens with zero attached hydrogens (tertiary/aromatic N) is 1. The highest BCUT2D eigenvalue weighted by Crippen LogP contribution is 2.30. The highest BCUT2D eigenvalue weighted by Gasteiger charge is 2.25. The van der Waals surface area contributed by atoms with Crippen molar-refractivity contribution in [3.05, 3.63) is 77.5 Å². The van der Waals surface area contributed by atoms with Crippen LogP contribution in [0.4, 0.5) is 5.69 Å². The van der Waals surface area contributed by atoms with Gasteiger partial charge in [-0.1, -0.05) is 30.3 Å². The molecule has 0 unspecified atom stereocenters. The van der Waals surface area contributed by atoms with Crippen molar-refractivity contribution in [1.29, 1.82) is 0 Å². The predicted octanol–water partition coefficient (Wildman–Crippen LogP) is 3.99. The van der Waals surface area contributed by atoms with Crippen LogP contribution in [0.5, 0.6) is 0 Å². The van der Waals surface area contributed by atoms with Crippen molar-refractivity contribution < 1.29 is 14.3 Å². The van der Waals surface area contributed by atoms with Crippen LogP contribution in [0.3, 0.4) is 0 Å². The van der Waals surface area contributed by atoms with Crippen LogP contribution in [-0.2, 0) is 22.4 Å². The summed E-state index contributed by atoms with van der Waals surface area (Å²) in [6.07, 6.45) is 1.86. The number of H-pyrrole nitrogens is 1. The Kier molecular flexibility index (Phi) is 4.98. The standard InChI is InChI=1S/C23H22N2O3/c1-28-23(27)18-7-11-21-17(15-18)13-14-25(21)22(26)12-9-19-8-10-20(24-19)16-5-3-2-4-6-16/h2-8,10-11,15,24H,9,12-14H2,1H3. The van der Waals surface area contributed by atoms with Crippen molar-refractivity contribution in [1.82, 2.24) is 4.98 Å². The zero-order chi connectivity index (χ0) is 19.5. The number of rotatable bonds is 5. The molecular formula is C23H22N2O3. The smallest absolute Gasteiger partial charge is 0.337 e. The van der Waals surface area contributed by atoms with Crippen LogP contribution in [0, 0.1) is 0 Å². The molecule has 0 atom stereocenters. The van der Waals surface area contributed by atoms with Crippen LogP contribution >= 0.6 is 0 Å². The van der Waals surface area contributed by atoms with Crippen molar-refractivity contribution >= 4 is 17.6 Å². The van der Waals surface area contributed by atoms with Gasteiger partial charge in [0.05, 0.1) is 12.7 Å². The van der Waals surface area contributed by atoms with Crippen LogP contribution in [0.15, 0.2) is 60.7 Å². The van der Waals surface area contributed by atoms with Crippen LogP contribution in [0.2, 0.25) is 0 Å². The molecule has 0 aliphatic carbocycles. The van der Waals surface area contributed by atoms with E-state index in [0.717, 1.165) is 34.6 Å². The highest BCUT2D eigenvalue weighted by molar-refractivity contribution is 5.97. The SMILES string of the molecule is COC(=O)c1ccc2c(c1)CCN2C(=O)CCc1ccc(-c2ccccc2)[nH]1. The first-order valence-corrected chi connectivity index (χ1v) is 9.40. The number of benzene rings is 2. The minimum Gasteiger partial charge on any atom is -0.465 e. The van der Waals surface area contributed by atoms with Crippen LogP contribution in [-0.4, -0.2) is 30.5 Å². The first kappa shape index (κ1) is 18.0. The van der Waals surface area contributed by atoms with E-state index in [1.807, 2.05) is 41.3 Å². The summed E-state index contributed by atoms with van der Waals surface area (Å²) in [5, 5.41) is 0. The number of fused-ring (bicyclic) bond motifs is 1. The molecule has 1 N–H and O–H groups in total. The summed E-state index contributed by atoms with van der Waals surface area (Å²) in [6.45, 7) is 0.652. The summed E-state index contributed by atoms with van der Waals surface area (Å²) < 4.78 is 4.77. The lowest BCUT2D eigenvalue weighted by molar-refractivity contribution is -0.118. The Hall–Kier alpha value is -3.34. The van der Waals surface area contributed by atoms with Gasteiger partial charge in [0.15, 0.2) is 0 Å². The lowest BCUT2D eigenvalue weighted by Crippen LogP contribution is -2.29. The van der Waals surface area contributed by atoms with E-state index in [0.29, 0.717) is 24.9 Å². The lowest BCUT2D eigenvalue weighted by atomic mass is 10.1. The molecule has 0 fully saturated rings. The van der Waals surface area contributed by atoms with Crippen molar-refractivity contribution in [2.24, 2.45) is 0 Å². The monoisotopic (exact) mass is 374 g/mol. The van der Waals surface area contributed by atoms with Crippen molar-refractivity contribution in [3.8, 4) is 11.3 Å². The van der Waals surface area contributed by atoms with E-state index in [9.17, 15) is 9.59 Å². The maximum Gasteiger partial charge on any atom is 0.337 e. The Labute approximate surface area is 163 Å². The number of aromatic amines is 1. The fourth-order valence-electron chi connectivity index (χ4n) is 3.65. The van der Waals surface area contributed by atoms with Gasteiger partial charge in [0.2, 0.25) is 5.91 Å². The summed E-state index contributed by atoms with van der Waals surface area (Å²) >= 11 is 0. The summed E-state index contributed by atoms with van der Waals surface area (Å²) in [7, 11) is 1.37. The van der Waals surface area contributed by atoms with Gasteiger partial charge in [-0.15, -0.1) is 0 Å². The van der Waals surface area contributed by atoms with Gasteiger partial charge in [0.25, 0.3) is 0 Å². The number of esters is 1. The number of aromatic nitrogens is 1. The molecule has 1 aromatic heterocycles. The lowest BCUT2D eigenvalue weighted by Gasteiger charge is -2.17. The molecule has 0 radical (unpaired) electrons. The first-order chi connectivity index (χ1) is 13.7. The summed E-state index contributed by atoms with van der Waals surface area (Å²) in [4.78, 5) is 29.7. The normalized spacial score (nSPS) is 12.7. The van der Waals surface area contributed by atoms with E-state index in [1.165, 1.54) is 7.11 Å². The maximum absolute atomic E-state index is 12.8. The molecule has 0 spiro atoms. The molecule has 1 aliphatic heterocycles. The average Bonchev–Trinajstić information content (AvgIpc) is 3.38. The second kappa shape index (κ2) is 7.72. The van der Waals surface area contributed by atoms with Gasteiger partial charge < -0.3 is 14.6 Å². The zero-order valence-electron chi connectivity index (χ0n) is 15.8. The van der Waals surface area contributed by atoms with E-state index in [2.05, 4.69) is 23.2 Å². The summed E-state index contributed by atoms with van der Waals surface area (Å²) in [5.74, 6) is -0.256. The summed E-state index contributed by atoms with van der Waals surface area (Å²) in [6, 6.07) is 19.6. The molecule has 28 heavy (non-hydrogen) atoms. The van der Waals surface area contributed by atoms with Crippen LogP contribution < -0.4 is 4.90 Å². The molecule has 2 heterocycles. The van der Waals surface area contributed by atoms with Gasteiger partial charge in [0, 0.05) is 30.0 Å². The second-order valence-corrected chi connectivity index (χ2v) is 6.89. The van der Waals surface area contributed by atoms with E-state index in [4.69, 9.17) is 4.74 Å². The largest absolute Gasteiger partial charge is 0.465 e. The Morgan fingerprint density at radius 1 is 1.07 bits per heavy atom. The third kappa shape index (κ3) is 3.56. The highest BCUT2D eigenvalue weighted by atomic mass is 16.5. The Balaban J connectivity index is 1.41. The third-order valence-corrected chi connectivity index (χ3v) is 5.14. The van der Waals surface area contributed by atoms with Gasteiger partial charge in [-0.05, 0) is 54.3 Å². The number of anilines is 1. The number of carbonyl (C=O) groups excluding carboxylic acids is 2. The van der Waals surface area contributed by atoms with Gasteiger partial charge >= 0.3 is 5.97 Å². The number of ether oxygens (including phenoxy) is 1.